The van der Waals surface area contributed by atoms with Crippen molar-refractivity contribution in [1.82, 2.24) is 0 Å². The number of allylic oxidation sites excluding steroid dienone is 4. The van der Waals surface area contributed by atoms with E-state index in [1.165, 1.54) is 24.0 Å². The molecule has 0 saturated carbocycles. The van der Waals surface area contributed by atoms with Crippen molar-refractivity contribution in [3.63, 3.8) is 0 Å². The summed E-state index contributed by atoms with van der Waals surface area (Å²) in [5, 5.41) is 0.980. The normalized spacial score (nSPS) is 11.5. The molecule has 0 spiro atoms. The lowest BCUT2D eigenvalue weighted by atomic mass is 10.2. The maximum Gasteiger partial charge on any atom is 0.0214 e. The Kier molecular flexibility index (Phi) is 6.63. The Morgan fingerprint density at radius 3 is 2.27 bits per heavy atom. The van der Waals surface area contributed by atoms with Crippen LogP contribution in [0.2, 0.25) is 0 Å². The molecule has 0 rings (SSSR count). The Balaban J connectivity index is 3.54. The van der Waals surface area contributed by atoms with E-state index in [-0.39, 0.29) is 0 Å². The van der Waals surface area contributed by atoms with Crippen LogP contribution in [-0.2, 0) is 0 Å². The zero-order chi connectivity index (χ0) is 8.69. The SMILES string of the molecule is CC(C)=CCC/C(C)=[13CH]/CBr. The van der Waals surface area contributed by atoms with Crippen molar-refractivity contribution >= 4 is 15.9 Å². The fourth-order valence-electron chi connectivity index (χ4n) is 0.822. The van der Waals surface area contributed by atoms with E-state index in [1.54, 1.807) is 0 Å². The smallest absolute Gasteiger partial charge is 0.0214 e. The molecule has 11 heavy (non-hydrogen) atoms. The minimum Gasteiger partial charge on any atom is -0.0883 e. The molecular formula is C10H17Br. The highest BCUT2D eigenvalue weighted by Crippen LogP contribution is 2.06. The highest BCUT2D eigenvalue weighted by atomic mass is 79.9. The molecule has 0 aliphatic heterocycles. The topological polar surface area (TPSA) is 0 Å². The molecule has 0 saturated heterocycles. The van der Waals surface area contributed by atoms with Gasteiger partial charge in [0.1, 0.15) is 0 Å². The average Bonchev–Trinajstić information content (AvgIpc) is 1.87. The van der Waals surface area contributed by atoms with Crippen molar-refractivity contribution in [2.24, 2.45) is 0 Å². The fraction of sp³-hybridized carbons (Fsp3) is 0.600. The Hall–Kier alpha value is -0.0400. The second-order valence-electron chi connectivity index (χ2n) is 3.02. The summed E-state index contributed by atoms with van der Waals surface area (Å²) in [6.45, 7) is 6.47. The Morgan fingerprint density at radius 2 is 1.82 bits per heavy atom. The van der Waals surface area contributed by atoms with Gasteiger partial charge in [-0.15, -0.1) is 0 Å². The van der Waals surface area contributed by atoms with Gasteiger partial charge in [0, 0.05) is 5.33 Å². The molecule has 0 aliphatic rings. The van der Waals surface area contributed by atoms with E-state index in [4.69, 9.17) is 0 Å². The number of halogens is 1. The molecule has 0 aromatic carbocycles. The first-order valence-corrected chi connectivity index (χ1v) is 5.14. The standard InChI is InChI=1S/C10H17Br/c1-9(2)5-4-6-10(3)7-8-11/h5,7H,4,6,8H2,1-3H3/b10-7+/i7+1. The molecule has 0 aliphatic carbocycles. The first kappa shape index (κ1) is 11.0. The zero-order valence-corrected chi connectivity index (χ0v) is 9.24. The molecule has 0 amide bonds. The van der Waals surface area contributed by atoms with Crippen LogP contribution in [0.5, 0.6) is 0 Å². The second-order valence-corrected chi connectivity index (χ2v) is 3.67. The number of alkyl halides is 1. The maximum atomic E-state index is 3.38. The van der Waals surface area contributed by atoms with Crippen LogP contribution in [0.25, 0.3) is 0 Å². The van der Waals surface area contributed by atoms with Gasteiger partial charge < -0.3 is 0 Å². The summed E-state index contributed by atoms with van der Waals surface area (Å²) in [5.74, 6) is 0. The van der Waals surface area contributed by atoms with E-state index in [2.05, 4.69) is 48.9 Å². The van der Waals surface area contributed by atoms with Crippen LogP contribution >= 0.6 is 15.9 Å². The monoisotopic (exact) mass is 217 g/mol. The van der Waals surface area contributed by atoms with E-state index >= 15 is 0 Å². The summed E-state index contributed by atoms with van der Waals surface area (Å²) in [6, 6.07) is 0. The van der Waals surface area contributed by atoms with Gasteiger partial charge in [0.05, 0.1) is 0 Å². The van der Waals surface area contributed by atoms with Gasteiger partial charge in [0.2, 0.25) is 0 Å². The van der Waals surface area contributed by atoms with Crippen molar-refractivity contribution in [1.29, 1.82) is 0 Å². The van der Waals surface area contributed by atoms with Gasteiger partial charge in [-0.2, -0.15) is 0 Å². The van der Waals surface area contributed by atoms with Crippen molar-refractivity contribution < 1.29 is 0 Å². The van der Waals surface area contributed by atoms with Crippen molar-refractivity contribution in [3.05, 3.63) is 23.3 Å². The van der Waals surface area contributed by atoms with Gasteiger partial charge in [-0.05, 0) is 33.6 Å². The number of hydrogen-bond donors (Lipinski definition) is 0. The first-order valence-electron chi connectivity index (χ1n) is 4.01. The minimum atomic E-state index is 0.980. The summed E-state index contributed by atoms with van der Waals surface area (Å²) in [7, 11) is 0. The third-order valence-corrected chi connectivity index (χ3v) is 1.84. The predicted molar refractivity (Wildman–Crippen MR) is 56.2 cm³/mol. The van der Waals surface area contributed by atoms with Crippen LogP contribution in [0, 0.1) is 0 Å². The van der Waals surface area contributed by atoms with Gasteiger partial charge in [0.15, 0.2) is 0 Å². The van der Waals surface area contributed by atoms with E-state index in [1.807, 2.05) is 0 Å². The summed E-state index contributed by atoms with van der Waals surface area (Å²) in [6.07, 6.45) is 6.87. The molecular weight excluding hydrogens is 201 g/mol. The van der Waals surface area contributed by atoms with Gasteiger partial charge in [-0.1, -0.05) is 39.2 Å². The number of rotatable bonds is 4. The van der Waals surface area contributed by atoms with Gasteiger partial charge in [0.25, 0.3) is 0 Å². The van der Waals surface area contributed by atoms with E-state index in [0.29, 0.717) is 0 Å². The lowest BCUT2D eigenvalue weighted by Crippen LogP contribution is -1.77. The molecule has 0 aromatic rings. The molecule has 0 aromatic heterocycles. The third kappa shape index (κ3) is 7.86. The molecule has 64 valence electrons. The Morgan fingerprint density at radius 1 is 1.18 bits per heavy atom. The van der Waals surface area contributed by atoms with Crippen LogP contribution in [0.3, 0.4) is 0 Å². The highest BCUT2D eigenvalue weighted by molar-refractivity contribution is 9.09. The molecule has 0 radical (unpaired) electrons. The van der Waals surface area contributed by atoms with Crippen LogP contribution in [0.15, 0.2) is 23.3 Å². The summed E-state index contributed by atoms with van der Waals surface area (Å²) >= 11 is 3.38. The molecule has 0 unspecified atom stereocenters. The van der Waals surface area contributed by atoms with E-state index in [0.717, 1.165) is 5.33 Å². The van der Waals surface area contributed by atoms with Crippen molar-refractivity contribution in [2.75, 3.05) is 5.33 Å². The Labute approximate surface area is 78.5 Å². The third-order valence-electron chi connectivity index (χ3n) is 1.52. The summed E-state index contributed by atoms with van der Waals surface area (Å²) in [5.41, 5.74) is 2.89. The van der Waals surface area contributed by atoms with Crippen molar-refractivity contribution in [2.45, 2.75) is 33.6 Å². The minimum absolute atomic E-state index is 0.980. The highest BCUT2D eigenvalue weighted by Gasteiger charge is 1.86. The molecule has 0 heterocycles. The molecule has 0 bridgehead atoms. The predicted octanol–water partition coefficient (Wildman–Crippen LogP) is 4.07. The van der Waals surface area contributed by atoms with Gasteiger partial charge in [-0.25, -0.2) is 0 Å². The average molecular weight is 218 g/mol. The zero-order valence-electron chi connectivity index (χ0n) is 7.65. The van der Waals surface area contributed by atoms with Crippen LogP contribution in [0.1, 0.15) is 33.6 Å². The first-order chi connectivity index (χ1) is 5.16. The molecule has 0 atom stereocenters. The van der Waals surface area contributed by atoms with Gasteiger partial charge >= 0.3 is 0 Å². The quantitative estimate of drug-likeness (QED) is 0.379. The fourth-order valence-corrected chi connectivity index (χ4v) is 1.37. The molecule has 0 N–H and O–H groups in total. The number of hydrogen-bond acceptors (Lipinski definition) is 0. The summed E-state index contributed by atoms with van der Waals surface area (Å²) in [4.78, 5) is 0. The van der Waals surface area contributed by atoms with Crippen LogP contribution in [0.4, 0.5) is 0 Å². The maximum absolute atomic E-state index is 3.38. The second kappa shape index (κ2) is 6.66. The Bertz CT molecular complexity index is 150. The molecule has 0 nitrogen and oxygen atoms in total. The largest absolute Gasteiger partial charge is 0.0883 e. The van der Waals surface area contributed by atoms with Gasteiger partial charge in [-0.3, -0.25) is 0 Å². The van der Waals surface area contributed by atoms with E-state index < -0.39 is 0 Å². The van der Waals surface area contributed by atoms with Crippen molar-refractivity contribution in [3.8, 4) is 0 Å². The summed E-state index contributed by atoms with van der Waals surface area (Å²) < 4.78 is 0. The molecule has 0 fully saturated rings. The van der Waals surface area contributed by atoms with E-state index in [9.17, 15) is 0 Å². The van der Waals surface area contributed by atoms with Crippen LogP contribution < -0.4 is 0 Å². The lowest BCUT2D eigenvalue weighted by molar-refractivity contribution is 0.964. The molecule has 1 heteroatoms. The van der Waals surface area contributed by atoms with Crippen LogP contribution in [-0.4, -0.2) is 5.33 Å². The lowest BCUT2D eigenvalue weighted by Gasteiger charge is -1.96.